The lowest BCUT2D eigenvalue weighted by Gasteiger charge is -2.30. The molecule has 0 spiro atoms. The van der Waals surface area contributed by atoms with E-state index in [-0.39, 0.29) is 5.91 Å². The van der Waals surface area contributed by atoms with Gasteiger partial charge in [0.1, 0.15) is 5.75 Å². The zero-order valence-electron chi connectivity index (χ0n) is 16.3. The molecule has 1 saturated heterocycles. The van der Waals surface area contributed by atoms with Crippen molar-refractivity contribution in [2.45, 2.75) is 6.92 Å². The second-order valence-electron chi connectivity index (χ2n) is 6.84. The predicted octanol–water partition coefficient (Wildman–Crippen LogP) is 4.98. The third-order valence-electron chi connectivity index (χ3n) is 4.95. The number of morpholine rings is 1. The maximum Gasteiger partial charge on any atom is 0.259 e. The van der Waals surface area contributed by atoms with E-state index >= 15 is 0 Å². The number of ether oxygens (including phenoxy) is 2. The number of rotatable bonds is 5. The van der Waals surface area contributed by atoms with Crippen molar-refractivity contribution >= 4 is 39.7 Å². The van der Waals surface area contributed by atoms with Gasteiger partial charge in [0.2, 0.25) is 0 Å². The first-order chi connectivity index (χ1) is 14.2. The minimum Gasteiger partial charge on any atom is -0.493 e. The topological polar surface area (TPSA) is 50.8 Å². The van der Waals surface area contributed by atoms with Gasteiger partial charge in [-0.05, 0) is 48.0 Å². The summed E-state index contributed by atoms with van der Waals surface area (Å²) in [6, 6.07) is 17.3. The Kier molecular flexibility index (Phi) is 5.88. The van der Waals surface area contributed by atoms with Crippen LogP contribution in [-0.4, -0.2) is 38.8 Å². The van der Waals surface area contributed by atoms with Crippen LogP contribution >= 0.6 is 11.6 Å². The van der Waals surface area contributed by atoms with Gasteiger partial charge in [-0.1, -0.05) is 35.9 Å². The lowest BCUT2D eigenvalue weighted by Crippen LogP contribution is -2.36. The molecular formula is C23H23ClN2O3. The number of hydrogen-bond donors (Lipinski definition) is 1. The Bertz CT molecular complexity index is 1030. The molecule has 4 rings (SSSR count). The largest absolute Gasteiger partial charge is 0.493 e. The van der Waals surface area contributed by atoms with E-state index in [0.717, 1.165) is 29.5 Å². The maximum absolute atomic E-state index is 13.2. The number of anilines is 2. The van der Waals surface area contributed by atoms with Gasteiger partial charge in [0, 0.05) is 18.1 Å². The zero-order chi connectivity index (χ0) is 20.2. The van der Waals surface area contributed by atoms with E-state index in [1.807, 2.05) is 55.5 Å². The molecule has 0 unspecified atom stereocenters. The Labute approximate surface area is 175 Å². The third kappa shape index (κ3) is 4.31. The van der Waals surface area contributed by atoms with E-state index < -0.39 is 0 Å². The van der Waals surface area contributed by atoms with Crippen molar-refractivity contribution in [2.24, 2.45) is 0 Å². The fourth-order valence-corrected chi connectivity index (χ4v) is 3.72. The molecule has 1 N–H and O–H groups in total. The van der Waals surface area contributed by atoms with Gasteiger partial charge < -0.3 is 19.7 Å². The summed E-state index contributed by atoms with van der Waals surface area (Å²) in [5, 5.41) is 5.63. The van der Waals surface area contributed by atoms with Gasteiger partial charge in [-0.2, -0.15) is 0 Å². The fraction of sp³-hybridized carbons (Fsp3) is 0.261. The molecule has 0 aliphatic carbocycles. The van der Waals surface area contributed by atoms with Crippen molar-refractivity contribution < 1.29 is 14.3 Å². The van der Waals surface area contributed by atoms with Gasteiger partial charge in [-0.3, -0.25) is 4.79 Å². The van der Waals surface area contributed by atoms with Crippen molar-refractivity contribution in [3.05, 3.63) is 65.2 Å². The van der Waals surface area contributed by atoms with Crippen LogP contribution < -0.4 is 15.0 Å². The van der Waals surface area contributed by atoms with Crippen molar-refractivity contribution in [1.82, 2.24) is 0 Å². The van der Waals surface area contributed by atoms with Crippen molar-refractivity contribution in [1.29, 1.82) is 0 Å². The summed E-state index contributed by atoms with van der Waals surface area (Å²) >= 11 is 6.23. The normalized spacial score (nSPS) is 14.1. The van der Waals surface area contributed by atoms with Crippen LogP contribution in [0.2, 0.25) is 5.02 Å². The molecule has 1 amide bonds. The van der Waals surface area contributed by atoms with Crippen LogP contribution in [0.15, 0.2) is 54.6 Å². The monoisotopic (exact) mass is 410 g/mol. The van der Waals surface area contributed by atoms with E-state index in [1.165, 1.54) is 0 Å². The molecule has 3 aromatic rings. The quantitative estimate of drug-likeness (QED) is 0.644. The van der Waals surface area contributed by atoms with E-state index in [1.54, 1.807) is 6.07 Å². The van der Waals surface area contributed by atoms with Crippen LogP contribution in [-0.2, 0) is 4.74 Å². The second-order valence-corrected chi connectivity index (χ2v) is 7.28. The van der Waals surface area contributed by atoms with Gasteiger partial charge >= 0.3 is 0 Å². The first kappa shape index (κ1) is 19.6. The Hall–Kier alpha value is -2.76. The van der Waals surface area contributed by atoms with Gasteiger partial charge in [0.15, 0.2) is 0 Å². The molecule has 1 fully saturated rings. The number of nitrogens with zero attached hydrogens (tertiary/aromatic N) is 1. The van der Waals surface area contributed by atoms with E-state index in [4.69, 9.17) is 21.1 Å². The summed E-state index contributed by atoms with van der Waals surface area (Å²) in [7, 11) is 0. The average Bonchev–Trinajstić information content (AvgIpc) is 2.74. The maximum atomic E-state index is 13.2. The van der Waals surface area contributed by atoms with Crippen LogP contribution in [0.1, 0.15) is 17.3 Å². The number of carbonyl (C=O) groups excluding carboxylic acids is 1. The van der Waals surface area contributed by atoms with Crippen LogP contribution in [0.4, 0.5) is 11.4 Å². The van der Waals surface area contributed by atoms with Gasteiger partial charge in [-0.15, -0.1) is 0 Å². The van der Waals surface area contributed by atoms with E-state index in [2.05, 4.69) is 10.2 Å². The molecule has 1 aliphatic heterocycles. The van der Waals surface area contributed by atoms with E-state index in [0.29, 0.717) is 41.8 Å². The van der Waals surface area contributed by atoms with Crippen LogP contribution in [0.3, 0.4) is 0 Å². The molecule has 0 atom stereocenters. The Morgan fingerprint density at radius 1 is 1.10 bits per heavy atom. The summed E-state index contributed by atoms with van der Waals surface area (Å²) in [6.07, 6.45) is 0. The van der Waals surface area contributed by atoms with E-state index in [9.17, 15) is 4.79 Å². The third-order valence-corrected chi connectivity index (χ3v) is 5.19. The van der Waals surface area contributed by atoms with Crippen LogP contribution in [0.25, 0.3) is 10.8 Å². The minimum absolute atomic E-state index is 0.226. The first-order valence-corrected chi connectivity index (χ1v) is 10.1. The summed E-state index contributed by atoms with van der Waals surface area (Å²) < 4.78 is 11.2. The summed E-state index contributed by atoms with van der Waals surface area (Å²) in [5.74, 6) is 0.342. The molecule has 1 heterocycles. The van der Waals surface area contributed by atoms with Crippen molar-refractivity contribution in [3.8, 4) is 5.75 Å². The van der Waals surface area contributed by atoms with Crippen LogP contribution in [0, 0.1) is 0 Å². The second kappa shape index (κ2) is 8.72. The number of halogens is 1. The number of nitrogens with one attached hydrogen (secondary N) is 1. The smallest absolute Gasteiger partial charge is 0.259 e. The fourth-order valence-electron chi connectivity index (χ4n) is 3.55. The van der Waals surface area contributed by atoms with Gasteiger partial charge in [-0.25, -0.2) is 0 Å². The highest BCUT2D eigenvalue weighted by Gasteiger charge is 2.19. The summed E-state index contributed by atoms with van der Waals surface area (Å²) in [4.78, 5) is 15.4. The Morgan fingerprint density at radius 2 is 1.83 bits per heavy atom. The number of amides is 1. The zero-order valence-corrected chi connectivity index (χ0v) is 17.0. The standard InChI is InChI=1S/C23H23ClN2O3/c1-2-29-22-14-17-6-4-3-5-16(17)13-19(22)23(27)25-20-15-18(24)7-8-21(20)26-9-11-28-12-10-26/h3-8,13-15H,2,9-12H2,1H3,(H,25,27). The van der Waals surface area contributed by atoms with Gasteiger partial charge in [0.05, 0.1) is 36.8 Å². The Balaban J connectivity index is 1.69. The Morgan fingerprint density at radius 3 is 2.55 bits per heavy atom. The molecule has 0 saturated carbocycles. The molecule has 3 aromatic carbocycles. The number of hydrogen-bond acceptors (Lipinski definition) is 4. The molecule has 150 valence electrons. The molecular weight excluding hydrogens is 388 g/mol. The molecule has 0 bridgehead atoms. The first-order valence-electron chi connectivity index (χ1n) is 9.75. The van der Waals surface area contributed by atoms with Crippen molar-refractivity contribution in [2.75, 3.05) is 43.1 Å². The molecule has 1 aliphatic rings. The number of carbonyl (C=O) groups is 1. The minimum atomic E-state index is -0.226. The predicted molar refractivity (Wildman–Crippen MR) is 118 cm³/mol. The molecule has 0 aromatic heterocycles. The summed E-state index contributed by atoms with van der Waals surface area (Å²) in [6.45, 7) is 5.25. The highest BCUT2D eigenvalue weighted by Crippen LogP contribution is 2.32. The number of fused-ring (bicyclic) bond motifs is 1. The highest BCUT2D eigenvalue weighted by molar-refractivity contribution is 6.31. The lowest BCUT2D eigenvalue weighted by atomic mass is 10.0. The lowest BCUT2D eigenvalue weighted by molar-refractivity contribution is 0.102. The number of benzene rings is 3. The molecule has 29 heavy (non-hydrogen) atoms. The van der Waals surface area contributed by atoms with Crippen molar-refractivity contribution in [3.63, 3.8) is 0 Å². The molecule has 0 radical (unpaired) electrons. The molecule has 6 heteroatoms. The average molecular weight is 411 g/mol. The highest BCUT2D eigenvalue weighted by atomic mass is 35.5. The SMILES string of the molecule is CCOc1cc2ccccc2cc1C(=O)Nc1cc(Cl)ccc1N1CCOCC1. The molecule has 5 nitrogen and oxygen atoms in total. The van der Waals surface area contributed by atoms with Crippen LogP contribution in [0.5, 0.6) is 5.75 Å². The van der Waals surface area contributed by atoms with Gasteiger partial charge in [0.25, 0.3) is 5.91 Å². The summed E-state index contributed by atoms with van der Waals surface area (Å²) in [5.41, 5.74) is 2.11.